The fourth-order valence-corrected chi connectivity index (χ4v) is 6.24. The molecular weight excluding hydrogens is 570 g/mol. The molecule has 4 aromatic rings. The van der Waals surface area contributed by atoms with Crippen molar-refractivity contribution in [3.05, 3.63) is 108 Å². The van der Waals surface area contributed by atoms with Gasteiger partial charge >= 0.3 is 12.1 Å². The summed E-state index contributed by atoms with van der Waals surface area (Å²) in [5.41, 5.74) is 5.00. The zero-order chi connectivity index (χ0) is 31.3. The van der Waals surface area contributed by atoms with Gasteiger partial charge in [0.05, 0.1) is 23.8 Å². The molecule has 2 N–H and O–H groups in total. The lowest BCUT2D eigenvalue weighted by Gasteiger charge is -2.40. The highest BCUT2D eigenvalue weighted by Crippen LogP contribution is 2.34. The highest BCUT2D eigenvalue weighted by molar-refractivity contribution is 6.01. The summed E-state index contributed by atoms with van der Waals surface area (Å²) < 4.78 is 8.12. The Morgan fingerprint density at radius 1 is 0.933 bits per heavy atom. The minimum absolute atomic E-state index is 0.0737. The van der Waals surface area contributed by atoms with Crippen molar-refractivity contribution in [2.75, 3.05) is 45.9 Å². The number of aryl methyl sites for hydroxylation is 1. The maximum absolute atomic E-state index is 14.5. The average Bonchev–Trinajstić information content (AvgIpc) is 3.63. The van der Waals surface area contributed by atoms with Crippen molar-refractivity contribution >= 4 is 18.0 Å². The van der Waals surface area contributed by atoms with Crippen LogP contribution in [-0.2, 0) is 6.42 Å². The normalized spacial score (nSPS) is 16.5. The number of urea groups is 1. The Bertz CT molecular complexity index is 1670. The monoisotopic (exact) mass is 607 g/mol. The first-order chi connectivity index (χ1) is 21.9. The Balaban J connectivity index is 1.33. The number of amides is 4. The van der Waals surface area contributed by atoms with Crippen molar-refractivity contribution < 1.29 is 24.2 Å². The molecule has 3 heterocycles. The maximum atomic E-state index is 14.5. The molecule has 10 nitrogen and oxygen atoms in total. The molecule has 2 saturated heterocycles. The molecule has 0 bridgehead atoms. The van der Waals surface area contributed by atoms with Crippen LogP contribution in [0, 0.1) is 6.92 Å². The van der Waals surface area contributed by atoms with Crippen molar-refractivity contribution in [2.24, 2.45) is 0 Å². The van der Waals surface area contributed by atoms with Gasteiger partial charge < -0.3 is 34.4 Å². The van der Waals surface area contributed by atoms with Gasteiger partial charge in [-0.3, -0.25) is 4.79 Å². The Morgan fingerprint density at radius 3 is 2.40 bits per heavy atom. The standard InChI is InChI=1S/C35H37N5O5/c1-25-21-31(33(41)39-18-17-38(35(43)44)24-29(39)22-26-9-4-2-5-10-26)32(27-11-6-3-7-12-27)40(25)28-13-8-14-30(23-28)45-20-19-37-16-15-36-34(37)42/h2-14,21,23,29H,15-20,22,24H2,1H3,(H,36,42)(H,43,44)/t29-/m1/s1. The summed E-state index contributed by atoms with van der Waals surface area (Å²) in [4.78, 5) is 43.3. The van der Waals surface area contributed by atoms with E-state index in [0.717, 1.165) is 28.2 Å². The predicted molar refractivity (Wildman–Crippen MR) is 171 cm³/mol. The third kappa shape index (κ3) is 6.50. The number of piperazine rings is 1. The van der Waals surface area contributed by atoms with E-state index in [2.05, 4.69) is 9.88 Å². The first-order valence-corrected chi connectivity index (χ1v) is 15.3. The number of benzene rings is 3. The molecule has 0 aliphatic carbocycles. The van der Waals surface area contributed by atoms with E-state index in [0.29, 0.717) is 50.5 Å². The Morgan fingerprint density at radius 2 is 1.69 bits per heavy atom. The van der Waals surface area contributed by atoms with Crippen molar-refractivity contribution in [2.45, 2.75) is 19.4 Å². The predicted octanol–water partition coefficient (Wildman–Crippen LogP) is 4.90. The number of aromatic nitrogens is 1. The zero-order valence-electron chi connectivity index (χ0n) is 25.3. The number of carbonyl (C=O) groups excluding carboxylic acids is 2. The number of hydrogen-bond acceptors (Lipinski definition) is 4. The van der Waals surface area contributed by atoms with Crippen LogP contribution in [0.15, 0.2) is 91.0 Å². The van der Waals surface area contributed by atoms with Crippen LogP contribution in [0.3, 0.4) is 0 Å². The van der Waals surface area contributed by atoms with Crippen molar-refractivity contribution in [1.82, 2.24) is 24.6 Å². The summed E-state index contributed by atoms with van der Waals surface area (Å²) in [7, 11) is 0. The van der Waals surface area contributed by atoms with Crippen molar-refractivity contribution in [3.8, 4) is 22.7 Å². The van der Waals surface area contributed by atoms with Gasteiger partial charge in [0.15, 0.2) is 0 Å². The summed E-state index contributed by atoms with van der Waals surface area (Å²) in [6.07, 6.45) is -0.423. The van der Waals surface area contributed by atoms with Gasteiger partial charge in [0, 0.05) is 50.2 Å². The van der Waals surface area contributed by atoms with E-state index in [1.807, 2.05) is 103 Å². The number of rotatable bonds is 9. The number of carboxylic acid groups (broad SMARTS) is 1. The Kier molecular flexibility index (Phi) is 8.72. The Labute approximate surface area is 262 Å². The van der Waals surface area contributed by atoms with Crippen LogP contribution in [0.5, 0.6) is 5.75 Å². The molecule has 45 heavy (non-hydrogen) atoms. The second-order valence-corrected chi connectivity index (χ2v) is 11.4. The largest absolute Gasteiger partial charge is 0.492 e. The fraction of sp³-hybridized carbons (Fsp3) is 0.286. The Hall–Kier alpha value is -5.25. The third-order valence-electron chi connectivity index (χ3n) is 8.44. The van der Waals surface area contributed by atoms with Crippen LogP contribution in [0.1, 0.15) is 21.6 Å². The number of ether oxygens (including phenoxy) is 1. The highest BCUT2D eigenvalue weighted by Gasteiger charge is 2.35. The quantitative estimate of drug-likeness (QED) is 0.282. The van der Waals surface area contributed by atoms with Crippen LogP contribution in [-0.4, -0.2) is 94.3 Å². The van der Waals surface area contributed by atoms with E-state index in [-0.39, 0.29) is 31.1 Å². The molecule has 0 unspecified atom stereocenters. The molecule has 0 spiro atoms. The van der Waals surface area contributed by atoms with Gasteiger partial charge in [-0.15, -0.1) is 0 Å². The molecular formula is C35H37N5O5. The second-order valence-electron chi connectivity index (χ2n) is 11.4. The molecule has 3 aromatic carbocycles. The van der Waals surface area contributed by atoms with Gasteiger partial charge in [0.1, 0.15) is 12.4 Å². The van der Waals surface area contributed by atoms with Gasteiger partial charge in [0.25, 0.3) is 5.91 Å². The number of nitrogens with one attached hydrogen (secondary N) is 1. The minimum Gasteiger partial charge on any atom is -0.492 e. The van der Waals surface area contributed by atoms with Gasteiger partial charge in [-0.25, -0.2) is 9.59 Å². The topological polar surface area (TPSA) is 107 Å². The molecule has 0 radical (unpaired) electrons. The third-order valence-corrected chi connectivity index (χ3v) is 8.44. The molecule has 1 aromatic heterocycles. The second kappa shape index (κ2) is 13.2. The number of carbonyl (C=O) groups is 3. The van der Waals surface area contributed by atoms with E-state index in [1.165, 1.54) is 4.90 Å². The molecule has 1 atom stereocenters. The maximum Gasteiger partial charge on any atom is 0.407 e. The number of nitrogens with zero attached hydrogens (tertiary/aromatic N) is 4. The lowest BCUT2D eigenvalue weighted by molar-refractivity contribution is 0.0451. The van der Waals surface area contributed by atoms with Gasteiger partial charge in [0.2, 0.25) is 0 Å². The minimum atomic E-state index is -0.974. The van der Waals surface area contributed by atoms with Crippen molar-refractivity contribution in [3.63, 3.8) is 0 Å². The zero-order valence-corrected chi connectivity index (χ0v) is 25.3. The van der Waals surface area contributed by atoms with Crippen LogP contribution < -0.4 is 10.1 Å². The lowest BCUT2D eigenvalue weighted by Crippen LogP contribution is -2.57. The first kappa shape index (κ1) is 29.8. The summed E-state index contributed by atoms with van der Waals surface area (Å²) >= 11 is 0. The average molecular weight is 608 g/mol. The van der Waals surface area contributed by atoms with Gasteiger partial charge in [-0.1, -0.05) is 66.7 Å². The molecule has 10 heteroatoms. The SMILES string of the molecule is Cc1cc(C(=O)N2CCN(C(=O)O)C[C@H]2Cc2ccccc2)c(-c2ccccc2)n1-c1cccc(OCCN2CCNC2=O)c1. The summed E-state index contributed by atoms with van der Waals surface area (Å²) in [5.74, 6) is 0.540. The van der Waals surface area contributed by atoms with E-state index < -0.39 is 6.09 Å². The summed E-state index contributed by atoms with van der Waals surface area (Å²) in [5, 5.41) is 12.6. The smallest absolute Gasteiger partial charge is 0.407 e. The van der Waals surface area contributed by atoms with E-state index >= 15 is 0 Å². The van der Waals surface area contributed by atoms with Crippen molar-refractivity contribution in [1.29, 1.82) is 0 Å². The highest BCUT2D eigenvalue weighted by atomic mass is 16.5. The first-order valence-electron chi connectivity index (χ1n) is 15.3. The number of hydrogen-bond donors (Lipinski definition) is 2. The van der Waals surface area contributed by atoms with E-state index in [9.17, 15) is 19.5 Å². The molecule has 6 rings (SSSR count). The molecule has 2 aliphatic rings. The van der Waals surface area contributed by atoms with Crippen LogP contribution in [0.25, 0.3) is 16.9 Å². The van der Waals surface area contributed by atoms with Crippen LogP contribution in [0.4, 0.5) is 9.59 Å². The van der Waals surface area contributed by atoms with E-state index in [1.54, 1.807) is 4.90 Å². The summed E-state index contributed by atoms with van der Waals surface area (Å²) in [6.45, 7) is 4.95. The fourth-order valence-electron chi connectivity index (χ4n) is 6.24. The van der Waals surface area contributed by atoms with Gasteiger partial charge in [-0.2, -0.15) is 0 Å². The van der Waals surface area contributed by atoms with Gasteiger partial charge in [-0.05, 0) is 42.7 Å². The lowest BCUT2D eigenvalue weighted by atomic mass is 10.00. The van der Waals surface area contributed by atoms with Crippen LogP contribution in [0.2, 0.25) is 0 Å². The molecule has 4 amide bonds. The molecule has 232 valence electrons. The molecule has 2 fully saturated rings. The van der Waals surface area contributed by atoms with E-state index in [4.69, 9.17) is 4.74 Å². The van der Waals surface area contributed by atoms with Crippen LogP contribution >= 0.6 is 0 Å². The molecule has 2 aliphatic heterocycles. The summed E-state index contributed by atoms with van der Waals surface area (Å²) in [6, 6.07) is 29.0. The molecule has 0 saturated carbocycles.